The number of phenolic OH excluding ortho intramolecular Hbond substituents is 2. The van der Waals surface area contributed by atoms with Crippen LogP contribution in [0, 0.1) is 43.4 Å². The molecule has 4 aliphatic carbocycles. The lowest BCUT2D eigenvalue weighted by atomic mass is 9.54. The number of aliphatic hydroxyl groups excluding tert-OH is 5. The standard InChI is InChI=1S/C90H108ClN11O25/c1-13-121-52-19-17-50(18-20-52)93-86(118)95-64(105)37-56-78(111)97-68-49-34-61(122-59-22-15-45(25-40(59)4)72(106)70(83(116)94-56)100-79(112)57(24-39(2)3)102(12)88(120)127-90(9,10)11)77(125-85-76(110)75(109)74(108)63(124-85)38-92-87(119)126-89(6,7)8)62(35-49)123-60-23-16-46(33-55(60)91)73(107)71-84(117)99-69(82(115)96-66-47-28-42-27-43(30-47)31-48(66)29-42)54-36-51(103)26-41(5)65(54)53-32-44(14-21-58(53)104)67(80(113)101-71)98-81(68)114/h14-23,25-26,32-36,39,42-43,47-48,56-57,63,66-76,85,103-104,106-110H,13,24,27-31,37-38H2,1-12H3,(H,92,119)(H,94,116)(H,96,115)(H,97,111)(H,98,114)(H,99,117)(H,100,112)(H,101,113)(H2,93,95,105,118)/t42?,43?,47?,48?,56-,57+,63+,66?,67+,68+,69-,70+,71-,72+,73+,74+,75-,76+,85-/m0/s1. The van der Waals surface area contributed by atoms with E-state index in [0.717, 1.165) is 61.3 Å². The normalized spacial score (nSPS) is 26.5. The van der Waals surface area contributed by atoms with Crippen molar-refractivity contribution >= 4 is 82.8 Å². The van der Waals surface area contributed by atoms with Gasteiger partial charge in [0, 0.05) is 30.9 Å². The minimum absolute atomic E-state index is 0.0563. The van der Waals surface area contributed by atoms with Crippen molar-refractivity contribution in [3.63, 3.8) is 0 Å². The van der Waals surface area contributed by atoms with E-state index in [-0.39, 0.29) is 97.7 Å². The summed E-state index contributed by atoms with van der Waals surface area (Å²) in [5, 5.41) is 110. The number of ether oxygens (including phenoxy) is 7. The molecule has 6 heterocycles. The average Bonchev–Trinajstić information content (AvgIpc) is 0.757. The molecule has 6 aromatic rings. The fraction of sp³-hybridized carbons (Fsp3) is 0.478. The van der Waals surface area contributed by atoms with Crippen LogP contribution in [0.25, 0.3) is 11.1 Å². The molecule has 36 nitrogen and oxygen atoms in total. The van der Waals surface area contributed by atoms with Crippen LogP contribution < -0.4 is 72.1 Å². The van der Waals surface area contributed by atoms with Gasteiger partial charge in [0.2, 0.25) is 59.3 Å². The number of likely N-dealkylation sites (N-methyl/N-ethyl adjacent to an activating group) is 1. The summed E-state index contributed by atoms with van der Waals surface area (Å²) in [5.41, 5.74) is -2.77. The van der Waals surface area contributed by atoms with Gasteiger partial charge in [0.25, 0.3) is 0 Å². The topological polar surface area (TPSA) is 518 Å². The molecule has 680 valence electrons. The number of aryl methyl sites for hydroxylation is 2. The molecule has 10 aliphatic rings. The second-order valence-corrected chi connectivity index (χ2v) is 36.3. The molecular weight excluding hydrogens is 1670 g/mol. The third kappa shape index (κ3) is 21.3. The number of nitrogens with one attached hydrogen (secondary N) is 10. The minimum Gasteiger partial charge on any atom is -0.508 e. The van der Waals surface area contributed by atoms with Gasteiger partial charge >= 0.3 is 18.2 Å². The van der Waals surface area contributed by atoms with Crippen molar-refractivity contribution in [2.75, 3.05) is 25.5 Å². The molecule has 6 aromatic carbocycles. The summed E-state index contributed by atoms with van der Waals surface area (Å²) in [4.78, 5) is 168. The Labute approximate surface area is 736 Å². The van der Waals surface area contributed by atoms with Crippen molar-refractivity contribution in [3.05, 3.63) is 147 Å². The van der Waals surface area contributed by atoms with E-state index in [0.29, 0.717) is 24.2 Å². The molecule has 17 N–H and O–H groups in total. The smallest absolute Gasteiger partial charge is 0.410 e. The predicted octanol–water partition coefficient (Wildman–Crippen LogP) is 7.42. The number of carbonyl (C=O) groups excluding carboxylic acids is 11. The lowest BCUT2D eigenvalue weighted by Gasteiger charge is -2.54. The molecular formula is C90H108ClN11O25. The zero-order valence-electron chi connectivity index (χ0n) is 72.0. The Hall–Kier alpha value is -12.1. The van der Waals surface area contributed by atoms with Crippen LogP contribution >= 0.6 is 11.6 Å². The van der Waals surface area contributed by atoms with Crippen LogP contribution in [0.4, 0.5) is 20.1 Å². The summed E-state index contributed by atoms with van der Waals surface area (Å²) < 4.78 is 43.0. The van der Waals surface area contributed by atoms with Gasteiger partial charge in [-0.3, -0.25) is 48.6 Å². The molecule has 0 aromatic heterocycles. The summed E-state index contributed by atoms with van der Waals surface area (Å²) in [6.07, 6.45) is -13.1. The molecule has 1 saturated heterocycles. The number of rotatable bonds is 16. The molecule has 0 spiro atoms. The zero-order valence-corrected chi connectivity index (χ0v) is 72.8. The quantitative estimate of drug-likeness (QED) is 0.0448. The molecule has 37 heteroatoms. The maximum absolute atomic E-state index is 16.7. The van der Waals surface area contributed by atoms with Crippen molar-refractivity contribution in [1.82, 2.24) is 52.8 Å². The summed E-state index contributed by atoms with van der Waals surface area (Å²) >= 11 is 7.27. The minimum atomic E-state index is -2.40. The third-order valence-corrected chi connectivity index (χ3v) is 23.8. The van der Waals surface area contributed by atoms with Gasteiger partial charge in [-0.1, -0.05) is 43.6 Å². The summed E-state index contributed by atoms with van der Waals surface area (Å²) in [6, 6.07) is 5.76. The second-order valence-electron chi connectivity index (χ2n) is 35.9. The molecule has 15 bridgehead atoms. The van der Waals surface area contributed by atoms with Crippen molar-refractivity contribution < 1.29 is 122 Å². The van der Waals surface area contributed by atoms with Gasteiger partial charge in [0.05, 0.1) is 18.1 Å². The van der Waals surface area contributed by atoms with Gasteiger partial charge in [0.15, 0.2) is 11.5 Å². The van der Waals surface area contributed by atoms with E-state index in [1.807, 2.05) is 0 Å². The summed E-state index contributed by atoms with van der Waals surface area (Å²) in [7, 11) is 1.28. The van der Waals surface area contributed by atoms with E-state index >= 15 is 33.6 Å². The van der Waals surface area contributed by atoms with Crippen LogP contribution in [0.15, 0.2) is 103 Å². The first kappa shape index (κ1) is 92.6. The van der Waals surface area contributed by atoms with Crippen molar-refractivity contribution in [2.45, 2.75) is 224 Å². The Morgan fingerprint density at radius 1 is 0.622 bits per heavy atom. The summed E-state index contributed by atoms with van der Waals surface area (Å²) in [6.45, 7) is 17.6. The first-order valence-electron chi connectivity index (χ1n) is 42.2. The molecule has 0 unspecified atom stereocenters. The highest BCUT2D eigenvalue weighted by molar-refractivity contribution is 6.32. The van der Waals surface area contributed by atoms with Gasteiger partial charge in [-0.2, -0.15) is 0 Å². The Bertz CT molecular complexity index is 5220. The molecule has 12 amide bonds. The van der Waals surface area contributed by atoms with E-state index in [4.69, 9.17) is 44.8 Å². The van der Waals surface area contributed by atoms with Crippen LogP contribution in [-0.4, -0.2) is 198 Å². The van der Waals surface area contributed by atoms with E-state index in [1.54, 1.807) is 69.2 Å². The number of benzene rings is 6. The molecule has 4 saturated carbocycles. The number of aromatic hydroxyl groups is 2. The average molecular weight is 1780 g/mol. The highest BCUT2D eigenvalue weighted by Gasteiger charge is 2.52. The number of nitrogens with zero attached hydrogens (tertiary/aromatic N) is 1. The number of hydrogen-bond donors (Lipinski definition) is 17. The van der Waals surface area contributed by atoms with E-state index in [9.17, 15) is 54.9 Å². The van der Waals surface area contributed by atoms with Crippen LogP contribution in [0.2, 0.25) is 5.02 Å². The maximum Gasteiger partial charge on any atom is 0.410 e. The fourth-order valence-corrected chi connectivity index (χ4v) is 18.0. The number of halogens is 1. The molecule has 6 aliphatic heterocycles. The fourth-order valence-electron chi connectivity index (χ4n) is 17.7. The van der Waals surface area contributed by atoms with Gasteiger partial charge < -0.3 is 117 Å². The van der Waals surface area contributed by atoms with Gasteiger partial charge in [-0.05, 0) is 260 Å². The molecule has 0 radical (unpaired) electrons. The van der Waals surface area contributed by atoms with Crippen LogP contribution in [0.1, 0.15) is 177 Å². The van der Waals surface area contributed by atoms with E-state index < -0.39 is 208 Å². The monoisotopic (exact) mass is 1780 g/mol. The van der Waals surface area contributed by atoms with E-state index in [2.05, 4.69) is 53.2 Å². The molecule has 5 fully saturated rings. The predicted molar refractivity (Wildman–Crippen MR) is 455 cm³/mol. The van der Waals surface area contributed by atoms with Crippen molar-refractivity contribution in [3.8, 4) is 57.1 Å². The lowest BCUT2D eigenvalue weighted by molar-refractivity contribution is -0.270. The second kappa shape index (κ2) is 37.9. The SMILES string of the molecule is CCOc1ccc(NC(=O)NC(=O)C[C@@H]2NC(=O)[C@H](NC(=O)[C@@H](CC(C)C)N(C)C(=O)OC(C)(C)C)[C@H](O)c3ccc(c(C)c3)Oc3cc4cc(c3O[C@@H]3O[C@H](CNC(=O)OC(C)(C)C)[C@@H](O)[C@H](O)[C@H]3O)Oc3ccc(cc3Cl)[C@@H](O)[C@@H]3NC(=O)[C@H](NC(=O)[C@@H]4NC2=O)c2ccc(O)c(c2)-c2c(C)cc(O)cc2[C@@H](C(=O)NC2C4CC5CC(C4)CC2C5)NC3=O)cc1. The van der Waals surface area contributed by atoms with Crippen LogP contribution in [-0.2, 0) is 52.6 Å². The maximum atomic E-state index is 16.7. The molecule has 16 rings (SSSR count). The number of fused-ring (bicyclic) bond motifs is 15. The van der Waals surface area contributed by atoms with Gasteiger partial charge in [0.1, 0.15) is 119 Å². The number of imide groups is 1. The molecule has 127 heavy (non-hydrogen) atoms. The summed E-state index contributed by atoms with van der Waals surface area (Å²) in [5.74, 6) is -11.9. The Morgan fingerprint density at radius 3 is 1.87 bits per heavy atom. The number of anilines is 1. The lowest BCUT2D eigenvalue weighted by Crippen LogP contribution is -2.61. The van der Waals surface area contributed by atoms with Crippen LogP contribution in [0.3, 0.4) is 0 Å². The Balaban J connectivity index is 1.00. The van der Waals surface area contributed by atoms with Gasteiger partial charge in [-0.25, -0.2) is 14.4 Å². The first-order valence-corrected chi connectivity index (χ1v) is 42.5. The third-order valence-electron chi connectivity index (χ3n) is 23.5. The van der Waals surface area contributed by atoms with E-state index in [1.165, 1.54) is 92.8 Å². The number of aliphatic hydroxyl groups is 5. The zero-order chi connectivity index (χ0) is 91.9. The molecule has 14 atom stereocenters. The Kier molecular flexibility index (Phi) is 27.6. The number of carbonyl (C=O) groups is 11. The number of alkyl carbamates (subject to hydrolysis) is 1. The largest absolute Gasteiger partial charge is 0.508 e. The number of phenols is 2. The number of urea groups is 1. The first-order chi connectivity index (χ1) is 59.9. The van der Waals surface area contributed by atoms with Crippen molar-refractivity contribution in [2.24, 2.45) is 29.6 Å². The Morgan fingerprint density at radius 2 is 1.24 bits per heavy atom. The van der Waals surface area contributed by atoms with Crippen molar-refractivity contribution in [1.29, 1.82) is 0 Å². The number of amides is 12. The highest BCUT2D eigenvalue weighted by Crippen LogP contribution is 2.55. The van der Waals surface area contributed by atoms with Crippen LogP contribution in [0.5, 0.6) is 46.0 Å². The van der Waals surface area contributed by atoms with Gasteiger partial charge in [-0.15, -0.1) is 0 Å². The number of hydrogen-bond acceptors (Lipinski definition) is 25. The highest BCUT2D eigenvalue weighted by atomic mass is 35.5.